The number of hydrogen-bond donors (Lipinski definition) is 0. The van der Waals surface area contributed by atoms with Crippen LogP contribution >= 0.6 is 15.9 Å². The van der Waals surface area contributed by atoms with Crippen LogP contribution in [0.5, 0.6) is 0 Å². The second-order valence-electron chi connectivity index (χ2n) is 3.42. The fraction of sp³-hybridized carbons (Fsp3) is 0.400. The Labute approximate surface area is 79.9 Å². The molecule has 0 aliphatic heterocycles. The van der Waals surface area contributed by atoms with E-state index in [1.54, 1.807) is 0 Å². The lowest BCUT2D eigenvalue weighted by Crippen LogP contribution is -2.07. The fourth-order valence-corrected chi connectivity index (χ4v) is 1.72. The van der Waals surface area contributed by atoms with Crippen LogP contribution in [-0.2, 0) is 5.41 Å². The molecule has 2 rings (SSSR count). The molecule has 0 bridgehead atoms. The molecule has 1 aliphatic rings. The van der Waals surface area contributed by atoms with Gasteiger partial charge in [0.05, 0.1) is 6.67 Å². The average molecular weight is 229 g/mol. The summed E-state index contributed by atoms with van der Waals surface area (Å²) in [6, 6.07) is 7.98. The topological polar surface area (TPSA) is 0 Å². The molecule has 0 spiro atoms. The molecule has 0 amide bonds. The molecule has 0 N–H and O–H groups in total. The molecule has 0 saturated heterocycles. The van der Waals surface area contributed by atoms with Crippen molar-refractivity contribution in [2.75, 3.05) is 6.67 Å². The summed E-state index contributed by atoms with van der Waals surface area (Å²) in [5, 5.41) is 0. The van der Waals surface area contributed by atoms with Crippen LogP contribution in [0.2, 0.25) is 0 Å². The molecule has 0 unspecified atom stereocenters. The molecule has 1 saturated carbocycles. The Bertz CT molecular complexity index is 274. The summed E-state index contributed by atoms with van der Waals surface area (Å²) in [7, 11) is 0. The van der Waals surface area contributed by atoms with Gasteiger partial charge in [-0.05, 0) is 30.5 Å². The van der Waals surface area contributed by atoms with E-state index < -0.39 is 0 Å². The van der Waals surface area contributed by atoms with Crippen LogP contribution in [-0.4, -0.2) is 6.67 Å². The maximum absolute atomic E-state index is 12.6. The highest BCUT2D eigenvalue weighted by Gasteiger charge is 2.44. The van der Waals surface area contributed by atoms with Crippen molar-refractivity contribution in [2.45, 2.75) is 18.3 Å². The molecule has 1 aromatic rings. The van der Waals surface area contributed by atoms with Gasteiger partial charge in [-0.3, -0.25) is 4.39 Å². The van der Waals surface area contributed by atoms with E-state index >= 15 is 0 Å². The van der Waals surface area contributed by atoms with Crippen LogP contribution in [0.1, 0.15) is 18.4 Å². The Hall–Kier alpha value is -0.370. The van der Waals surface area contributed by atoms with Gasteiger partial charge in [-0.15, -0.1) is 0 Å². The van der Waals surface area contributed by atoms with Gasteiger partial charge in [-0.1, -0.05) is 28.1 Å². The van der Waals surface area contributed by atoms with E-state index in [0.29, 0.717) is 0 Å². The maximum atomic E-state index is 12.6. The van der Waals surface area contributed by atoms with E-state index in [4.69, 9.17) is 0 Å². The normalized spacial score (nSPS) is 19.2. The minimum atomic E-state index is -0.214. The lowest BCUT2D eigenvalue weighted by atomic mass is 9.98. The highest BCUT2D eigenvalue weighted by molar-refractivity contribution is 9.10. The Morgan fingerprint density at radius 2 is 1.83 bits per heavy atom. The van der Waals surface area contributed by atoms with Gasteiger partial charge in [-0.2, -0.15) is 0 Å². The average Bonchev–Trinajstić information content (AvgIpc) is 2.86. The zero-order chi connectivity index (χ0) is 8.60. The van der Waals surface area contributed by atoms with E-state index in [0.717, 1.165) is 22.9 Å². The Morgan fingerprint density at radius 1 is 1.25 bits per heavy atom. The highest BCUT2D eigenvalue weighted by Crippen LogP contribution is 2.48. The summed E-state index contributed by atoms with van der Waals surface area (Å²) in [6.07, 6.45) is 2.01. The summed E-state index contributed by atoms with van der Waals surface area (Å²) in [5.74, 6) is 0. The van der Waals surface area contributed by atoms with E-state index in [9.17, 15) is 4.39 Å². The zero-order valence-electron chi connectivity index (χ0n) is 6.69. The van der Waals surface area contributed by atoms with E-state index in [-0.39, 0.29) is 12.1 Å². The first-order valence-corrected chi connectivity index (χ1v) is 4.88. The minimum Gasteiger partial charge on any atom is -0.250 e. The van der Waals surface area contributed by atoms with Gasteiger partial charge in [-0.25, -0.2) is 0 Å². The Morgan fingerprint density at radius 3 is 2.25 bits per heavy atom. The molecule has 12 heavy (non-hydrogen) atoms. The highest BCUT2D eigenvalue weighted by atomic mass is 79.9. The monoisotopic (exact) mass is 228 g/mol. The largest absolute Gasteiger partial charge is 0.250 e. The van der Waals surface area contributed by atoms with Gasteiger partial charge in [0, 0.05) is 9.89 Å². The quantitative estimate of drug-likeness (QED) is 0.728. The van der Waals surface area contributed by atoms with Crippen LogP contribution in [0.3, 0.4) is 0 Å². The molecule has 2 heteroatoms. The molecule has 0 heterocycles. The van der Waals surface area contributed by atoms with E-state index in [2.05, 4.69) is 15.9 Å². The minimum absolute atomic E-state index is 0.110. The van der Waals surface area contributed by atoms with Crippen LogP contribution in [0.4, 0.5) is 4.39 Å². The summed E-state index contributed by atoms with van der Waals surface area (Å²) in [6.45, 7) is -0.214. The summed E-state index contributed by atoms with van der Waals surface area (Å²) < 4.78 is 13.7. The number of hydrogen-bond acceptors (Lipinski definition) is 0. The Kier molecular flexibility index (Phi) is 1.95. The number of rotatable bonds is 2. The van der Waals surface area contributed by atoms with Crippen LogP contribution in [0.25, 0.3) is 0 Å². The molecular weight excluding hydrogens is 219 g/mol. The first kappa shape index (κ1) is 8.24. The summed E-state index contributed by atoms with van der Waals surface area (Å²) >= 11 is 3.36. The van der Waals surface area contributed by atoms with Crippen molar-refractivity contribution in [3.63, 3.8) is 0 Å². The maximum Gasteiger partial charge on any atom is 0.0990 e. The molecular formula is C10H10BrF. The van der Waals surface area contributed by atoms with Gasteiger partial charge in [0.1, 0.15) is 0 Å². The van der Waals surface area contributed by atoms with Gasteiger partial charge < -0.3 is 0 Å². The zero-order valence-corrected chi connectivity index (χ0v) is 8.27. The predicted molar refractivity (Wildman–Crippen MR) is 51.0 cm³/mol. The van der Waals surface area contributed by atoms with Crippen molar-refractivity contribution in [2.24, 2.45) is 0 Å². The van der Waals surface area contributed by atoms with Crippen molar-refractivity contribution in [1.29, 1.82) is 0 Å². The molecule has 64 valence electrons. The second kappa shape index (κ2) is 2.84. The van der Waals surface area contributed by atoms with Crippen molar-refractivity contribution in [3.8, 4) is 0 Å². The van der Waals surface area contributed by atoms with E-state index in [1.807, 2.05) is 24.3 Å². The van der Waals surface area contributed by atoms with Gasteiger partial charge in [0.15, 0.2) is 0 Å². The molecule has 0 nitrogen and oxygen atoms in total. The summed E-state index contributed by atoms with van der Waals surface area (Å²) in [5.41, 5.74) is 1.04. The van der Waals surface area contributed by atoms with E-state index in [1.165, 1.54) is 0 Å². The number of benzene rings is 1. The fourth-order valence-electron chi connectivity index (χ4n) is 1.45. The molecule has 1 aromatic carbocycles. The third-order valence-corrected chi connectivity index (χ3v) is 3.09. The predicted octanol–water partition coefficient (Wildman–Crippen LogP) is 3.45. The smallest absolute Gasteiger partial charge is 0.0990 e. The van der Waals surface area contributed by atoms with Crippen molar-refractivity contribution in [3.05, 3.63) is 34.3 Å². The Balaban J connectivity index is 2.29. The molecule has 0 radical (unpaired) electrons. The van der Waals surface area contributed by atoms with Crippen LogP contribution < -0.4 is 0 Å². The van der Waals surface area contributed by atoms with Crippen LogP contribution in [0.15, 0.2) is 28.7 Å². The lowest BCUT2D eigenvalue weighted by Gasteiger charge is -2.09. The summed E-state index contributed by atoms with van der Waals surface area (Å²) in [4.78, 5) is 0. The third-order valence-electron chi connectivity index (χ3n) is 2.57. The first-order valence-electron chi connectivity index (χ1n) is 4.09. The van der Waals surface area contributed by atoms with Gasteiger partial charge in [0.2, 0.25) is 0 Å². The molecule has 0 atom stereocenters. The first-order chi connectivity index (χ1) is 5.77. The lowest BCUT2D eigenvalue weighted by molar-refractivity contribution is 0.418. The van der Waals surface area contributed by atoms with Crippen LogP contribution in [0, 0.1) is 0 Å². The van der Waals surface area contributed by atoms with Crippen molar-refractivity contribution < 1.29 is 4.39 Å². The number of halogens is 2. The standard InChI is InChI=1S/C10H10BrF/c11-9-3-1-8(2-4-9)10(7-12)5-6-10/h1-4H,5-7H2. The van der Waals surface area contributed by atoms with Crippen molar-refractivity contribution in [1.82, 2.24) is 0 Å². The molecule has 1 fully saturated rings. The second-order valence-corrected chi connectivity index (χ2v) is 4.34. The van der Waals surface area contributed by atoms with Crippen molar-refractivity contribution >= 4 is 15.9 Å². The van der Waals surface area contributed by atoms with Gasteiger partial charge in [0.25, 0.3) is 0 Å². The van der Waals surface area contributed by atoms with Gasteiger partial charge >= 0.3 is 0 Å². The molecule has 1 aliphatic carbocycles. The molecule has 0 aromatic heterocycles. The number of alkyl halides is 1. The SMILES string of the molecule is FCC1(c2ccc(Br)cc2)CC1. The third kappa shape index (κ3) is 1.28.